The lowest BCUT2D eigenvalue weighted by molar-refractivity contribution is 0.341. The Kier molecular flexibility index (Phi) is 1.65. The predicted octanol–water partition coefficient (Wildman–Crippen LogP) is 1.59. The molecule has 0 bridgehead atoms. The zero-order valence-corrected chi connectivity index (χ0v) is 7.68. The molecule has 2 aliphatic rings. The lowest BCUT2D eigenvalue weighted by Crippen LogP contribution is -2.24. The fourth-order valence-electron chi connectivity index (χ4n) is 2.18. The Balaban J connectivity index is 1.95. The third-order valence-electron chi connectivity index (χ3n) is 3.23. The molecule has 1 saturated carbocycles. The number of rotatable bonds is 1. The van der Waals surface area contributed by atoms with Gasteiger partial charge in [0.2, 0.25) is 0 Å². The first-order valence-electron chi connectivity index (χ1n) is 5.13. The molecular weight excluding hydrogens is 164 g/mol. The summed E-state index contributed by atoms with van der Waals surface area (Å²) < 4.78 is 5.33. The molecule has 3 nitrogen and oxygen atoms in total. The summed E-state index contributed by atoms with van der Waals surface area (Å²) in [5.41, 5.74) is 2.67. The maximum atomic E-state index is 5.33. The Hall–Kier alpha value is -0.830. The van der Waals surface area contributed by atoms with Crippen LogP contribution < -0.4 is 5.32 Å². The van der Waals surface area contributed by atoms with Crippen molar-refractivity contribution in [3.8, 4) is 0 Å². The zero-order chi connectivity index (χ0) is 8.67. The highest BCUT2D eigenvalue weighted by Crippen LogP contribution is 2.38. The molecule has 0 saturated heterocycles. The van der Waals surface area contributed by atoms with Crippen molar-refractivity contribution in [2.75, 3.05) is 6.54 Å². The van der Waals surface area contributed by atoms with E-state index < -0.39 is 0 Å². The second-order valence-electron chi connectivity index (χ2n) is 4.02. The highest BCUT2D eigenvalue weighted by Gasteiger charge is 2.28. The fraction of sp³-hybridized carbons (Fsp3) is 0.700. The van der Waals surface area contributed by atoms with Crippen LogP contribution in [0.25, 0.3) is 0 Å². The number of aromatic nitrogens is 1. The maximum Gasteiger partial charge on any atom is 0.153 e. The number of nitrogens with one attached hydrogen (secondary N) is 1. The average Bonchev–Trinajstić information content (AvgIpc) is 2.47. The van der Waals surface area contributed by atoms with Crippen molar-refractivity contribution in [2.45, 2.75) is 38.1 Å². The van der Waals surface area contributed by atoms with Gasteiger partial charge in [0.1, 0.15) is 0 Å². The quantitative estimate of drug-likeness (QED) is 0.709. The molecule has 3 rings (SSSR count). The molecule has 1 aromatic heterocycles. The monoisotopic (exact) mass is 178 g/mol. The minimum absolute atomic E-state index is 0.714. The van der Waals surface area contributed by atoms with E-state index in [1.807, 2.05) is 0 Å². The summed E-state index contributed by atoms with van der Waals surface area (Å²) in [5.74, 6) is 1.79. The van der Waals surface area contributed by atoms with Crippen LogP contribution in [-0.2, 0) is 13.0 Å². The molecule has 0 amide bonds. The Labute approximate surface area is 77.5 Å². The minimum atomic E-state index is 0.714. The number of hydrogen-bond acceptors (Lipinski definition) is 3. The second-order valence-corrected chi connectivity index (χ2v) is 4.02. The molecule has 13 heavy (non-hydrogen) atoms. The molecular formula is C10H14N2O. The van der Waals surface area contributed by atoms with Crippen LogP contribution in [0.1, 0.15) is 42.2 Å². The van der Waals surface area contributed by atoms with E-state index in [9.17, 15) is 0 Å². The molecule has 1 N–H and O–H groups in total. The topological polar surface area (TPSA) is 38.1 Å². The van der Waals surface area contributed by atoms with Gasteiger partial charge in [-0.25, -0.2) is 0 Å². The third-order valence-corrected chi connectivity index (χ3v) is 3.23. The van der Waals surface area contributed by atoms with Gasteiger partial charge in [-0.05, 0) is 25.8 Å². The van der Waals surface area contributed by atoms with Crippen LogP contribution in [-0.4, -0.2) is 11.7 Å². The summed E-state index contributed by atoms with van der Waals surface area (Å²) in [6.07, 6.45) is 5.09. The minimum Gasteiger partial charge on any atom is -0.359 e. The van der Waals surface area contributed by atoms with Crippen LogP contribution in [0.15, 0.2) is 4.52 Å². The molecule has 1 fully saturated rings. The summed E-state index contributed by atoms with van der Waals surface area (Å²) in [6, 6.07) is 0. The van der Waals surface area contributed by atoms with E-state index in [1.54, 1.807) is 0 Å². The largest absolute Gasteiger partial charge is 0.359 e. The second kappa shape index (κ2) is 2.84. The van der Waals surface area contributed by atoms with Gasteiger partial charge in [-0.1, -0.05) is 11.6 Å². The average molecular weight is 178 g/mol. The Morgan fingerprint density at radius 3 is 3.08 bits per heavy atom. The van der Waals surface area contributed by atoms with Crippen LogP contribution in [0.3, 0.4) is 0 Å². The van der Waals surface area contributed by atoms with Gasteiger partial charge in [-0.15, -0.1) is 0 Å². The summed E-state index contributed by atoms with van der Waals surface area (Å²) in [5, 5.41) is 7.50. The van der Waals surface area contributed by atoms with E-state index in [4.69, 9.17) is 4.52 Å². The molecule has 0 aromatic carbocycles. The molecule has 1 aliphatic heterocycles. The van der Waals surface area contributed by atoms with Crippen molar-refractivity contribution >= 4 is 0 Å². The van der Waals surface area contributed by atoms with E-state index in [1.165, 1.54) is 30.5 Å². The zero-order valence-electron chi connectivity index (χ0n) is 7.68. The van der Waals surface area contributed by atoms with E-state index in [2.05, 4.69) is 10.5 Å². The van der Waals surface area contributed by atoms with E-state index in [-0.39, 0.29) is 0 Å². The SMILES string of the molecule is C1CC(c2noc3c2CCNC3)C1. The van der Waals surface area contributed by atoms with Crippen molar-refractivity contribution < 1.29 is 4.52 Å². The van der Waals surface area contributed by atoms with Gasteiger partial charge >= 0.3 is 0 Å². The van der Waals surface area contributed by atoms with Crippen LogP contribution in [0.4, 0.5) is 0 Å². The third kappa shape index (κ3) is 1.10. The van der Waals surface area contributed by atoms with Crippen molar-refractivity contribution in [3.05, 3.63) is 17.0 Å². The van der Waals surface area contributed by atoms with Crippen LogP contribution in [0.2, 0.25) is 0 Å². The molecule has 0 unspecified atom stereocenters. The fourth-order valence-corrected chi connectivity index (χ4v) is 2.18. The Bertz CT molecular complexity index is 315. The van der Waals surface area contributed by atoms with Gasteiger partial charge in [0.25, 0.3) is 0 Å². The highest BCUT2D eigenvalue weighted by atomic mass is 16.5. The first-order chi connectivity index (χ1) is 6.45. The molecule has 1 aliphatic carbocycles. The predicted molar refractivity (Wildman–Crippen MR) is 48.5 cm³/mol. The lowest BCUT2D eigenvalue weighted by atomic mass is 9.80. The number of fused-ring (bicyclic) bond motifs is 1. The van der Waals surface area contributed by atoms with Gasteiger partial charge in [0.15, 0.2) is 5.76 Å². The standard InChI is InChI=1S/C10H14N2O/c1-2-7(3-1)10-8-4-5-11-6-9(8)13-12-10/h7,11H,1-6H2. The van der Waals surface area contributed by atoms with Gasteiger partial charge in [-0.3, -0.25) is 0 Å². The van der Waals surface area contributed by atoms with Crippen molar-refractivity contribution in [1.29, 1.82) is 0 Å². The first-order valence-corrected chi connectivity index (χ1v) is 5.13. The van der Waals surface area contributed by atoms with E-state index in [0.717, 1.165) is 25.3 Å². The molecule has 0 spiro atoms. The van der Waals surface area contributed by atoms with Crippen LogP contribution in [0, 0.1) is 0 Å². The smallest absolute Gasteiger partial charge is 0.153 e. The summed E-state index contributed by atoms with van der Waals surface area (Å²) in [6.45, 7) is 1.95. The molecule has 70 valence electrons. The maximum absolute atomic E-state index is 5.33. The Morgan fingerprint density at radius 2 is 2.31 bits per heavy atom. The van der Waals surface area contributed by atoms with E-state index >= 15 is 0 Å². The van der Waals surface area contributed by atoms with E-state index in [0.29, 0.717) is 5.92 Å². The summed E-state index contributed by atoms with van der Waals surface area (Å²) in [4.78, 5) is 0. The molecule has 1 aromatic rings. The molecule has 0 radical (unpaired) electrons. The Morgan fingerprint density at radius 1 is 1.38 bits per heavy atom. The van der Waals surface area contributed by atoms with Gasteiger partial charge in [0, 0.05) is 11.5 Å². The van der Waals surface area contributed by atoms with Crippen molar-refractivity contribution in [2.24, 2.45) is 0 Å². The van der Waals surface area contributed by atoms with Crippen LogP contribution >= 0.6 is 0 Å². The molecule has 0 atom stereocenters. The molecule has 3 heteroatoms. The van der Waals surface area contributed by atoms with Crippen molar-refractivity contribution in [1.82, 2.24) is 10.5 Å². The summed E-state index contributed by atoms with van der Waals surface area (Å²) in [7, 11) is 0. The molecule has 2 heterocycles. The number of hydrogen-bond donors (Lipinski definition) is 1. The van der Waals surface area contributed by atoms with Gasteiger partial charge in [-0.2, -0.15) is 0 Å². The summed E-state index contributed by atoms with van der Waals surface area (Å²) >= 11 is 0. The number of nitrogens with zero attached hydrogens (tertiary/aromatic N) is 1. The normalized spacial score (nSPS) is 22.5. The van der Waals surface area contributed by atoms with Crippen LogP contribution in [0.5, 0.6) is 0 Å². The van der Waals surface area contributed by atoms with Gasteiger partial charge < -0.3 is 9.84 Å². The van der Waals surface area contributed by atoms with Crippen molar-refractivity contribution in [3.63, 3.8) is 0 Å². The first kappa shape index (κ1) is 7.56. The lowest BCUT2D eigenvalue weighted by Gasteiger charge is -2.24. The van der Waals surface area contributed by atoms with Gasteiger partial charge in [0.05, 0.1) is 12.2 Å². The highest BCUT2D eigenvalue weighted by molar-refractivity contribution is 5.29.